The normalized spacial score (nSPS) is 15.1. The van der Waals surface area contributed by atoms with Crippen molar-refractivity contribution in [3.05, 3.63) is 76.5 Å². The van der Waals surface area contributed by atoms with Gasteiger partial charge in [-0.1, -0.05) is 35.4 Å². The van der Waals surface area contributed by atoms with Crippen LogP contribution in [0.2, 0.25) is 0 Å². The number of ether oxygens (including phenoxy) is 1. The molecule has 1 aliphatic heterocycles. The highest BCUT2D eigenvalue weighted by atomic mass is 32.2. The van der Waals surface area contributed by atoms with E-state index in [1.165, 1.54) is 11.1 Å². The number of fused-ring (bicyclic) bond motifs is 3. The number of anilines is 1. The third-order valence-electron chi connectivity index (χ3n) is 6.93. The molecule has 0 amide bonds. The van der Waals surface area contributed by atoms with E-state index in [2.05, 4.69) is 99.9 Å². The second-order valence-electron chi connectivity index (χ2n) is 9.82. The molecule has 1 aromatic heterocycles. The molecule has 5 nitrogen and oxygen atoms in total. The number of pyridine rings is 1. The van der Waals surface area contributed by atoms with Gasteiger partial charge < -0.3 is 14.1 Å². The Labute approximate surface area is 222 Å². The van der Waals surface area contributed by atoms with Gasteiger partial charge in [0.15, 0.2) is 0 Å². The molecule has 0 bridgehead atoms. The molecule has 1 unspecified atom stereocenters. The molecule has 3 aromatic rings. The number of aromatic nitrogens is 1. The highest BCUT2D eigenvalue weighted by molar-refractivity contribution is 8.15. The SMILES string of the molecule is C/C=S(/C)N1c2c(cc(-c3ccc(C)cc3)c(CC(=O)O)c2C)-c2ncc(OCC=C(C)C)cc2[C@H]1C. The molecule has 2 heterocycles. The van der Waals surface area contributed by atoms with E-state index in [0.717, 1.165) is 50.5 Å². The molecular weight excluding hydrogens is 480 g/mol. The molecule has 0 radical (unpaired) electrons. The third-order valence-corrected chi connectivity index (χ3v) is 8.73. The van der Waals surface area contributed by atoms with Crippen LogP contribution in [0, 0.1) is 13.8 Å². The van der Waals surface area contributed by atoms with Gasteiger partial charge >= 0.3 is 5.97 Å². The van der Waals surface area contributed by atoms with Crippen LogP contribution < -0.4 is 9.04 Å². The summed E-state index contributed by atoms with van der Waals surface area (Å²) in [5, 5.41) is 12.0. The Bertz CT molecular complexity index is 1400. The Balaban J connectivity index is 1.99. The molecule has 4 rings (SSSR count). The van der Waals surface area contributed by atoms with Crippen molar-refractivity contribution >= 4 is 27.7 Å². The van der Waals surface area contributed by atoms with Crippen molar-refractivity contribution in [2.75, 3.05) is 17.2 Å². The summed E-state index contributed by atoms with van der Waals surface area (Å²) in [4.78, 5) is 16.9. The third kappa shape index (κ3) is 5.35. The minimum absolute atomic E-state index is 0.0324. The summed E-state index contributed by atoms with van der Waals surface area (Å²) < 4.78 is 8.42. The second kappa shape index (κ2) is 10.9. The molecule has 1 N–H and O–H groups in total. The molecule has 0 aliphatic carbocycles. The van der Waals surface area contributed by atoms with Crippen molar-refractivity contribution in [2.45, 2.75) is 54.0 Å². The number of carboxylic acid groups (broad SMARTS) is 1. The van der Waals surface area contributed by atoms with E-state index in [4.69, 9.17) is 9.72 Å². The van der Waals surface area contributed by atoms with Gasteiger partial charge in [-0.3, -0.25) is 9.78 Å². The average molecular weight is 517 g/mol. The topological polar surface area (TPSA) is 62.7 Å². The maximum absolute atomic E-state index is 12.0. The van der Waals surface area contributed by atoms with Crippen molar-refractivity contribution in [3.63, 3.8) is 0 Å². The van der Waals surface area contributed by atoms with E-state index in [0.29, 0.717) is 6.61 Å². The van der Waals surface area contributed by atoms with E-state index < -0.39 is 5.97 Å². The molecule has 0 spiro atoms. The maximum atomic E-state index is 12.0. The minimum atomic E-state index is -0.832. The number of rotatable bonds is 7. The van der Waals surface area contributed by atoms with Gasteiger partial charge in [0.1, 0.15) is 12.4 Å². The minimum Gasteiger partial charge on any atom is -0.488 e. The monoisotopic (exact) mass is 516 g/mol. The fourth-order valence-electron chi connectivity index (χ4n) is 4.90. The number of allylic oxidation sites excluding steroid dienone is 1. The van der Waals surface area contributed by atoms with Crippen LogP contribution in [0.1, 0.15) is 56.0 Å². The Hall–Kier alpha value is -3.38. The highest BCUT2D eigenvalue weighted by Gasteiger charge is 2.34. The first-order chi connectivity index (χ1) is 17.6. The van der Waals surface area contributed by atoms with E-state index in [1.807, 2.05) is 0 Å². The predicted molar refractivity (Wildman–Crippen MR) is 157 cm³/mol. The largest absolute Gasteiger partial charge is 0.488 e. The summed E-state index contributed by atoms with van der Waals surface area (Å²) in [5.41, 5.74) is 10.3. The lowest BCUT2D eigenvalue weighted by Gasteiger charge is -2.40. The van der Waals surface area contributed by atoms with Gasteiger partial charge in [-0.05, 0) is 93.6 Å². The van der Waals surface area contributed by atoms with E-state index in [-0.39, 0.29) is 23.1 Å². The summed E-state index contributed by atoms with van der Waals surface area (Å²) in [5.74, 6) is -0.0815. The van der Waals surface area contributed by atoms with Gasteiger partial charge in [0.2, 0.25) is 0 Å². The molecule has 2 aromatic carbocycles. The van der Waals surface area contributed by atoms with Crippen LogP contribution in [0.3, 0.4) is 0 Å². The number of aryl methyl sites for hydroxylation is 1. The predicted octanol–water partition coefficient (Wildman–Crippen LogP) is 7.52. The van der Waals surface area contributed by atoms with Crippen LogP contribution in [0.4, 0.5) is 5.69 Å². The van der Waals surface area contributed by atoms with E-state index in [1.54, 1.807) is 6.20 Å². The van der Waals surface area contributed by atoms with E-state index in [9.17, 15) is 9.90 Å². The van der Waals surface area contributed by atoms with Crippen LogP contribution in [0.25, 0.3) is 22.4 Å². The molecule has 37 heavy (non-hydrogen) atoms. The Morgan fingerprint density at radius 2 is 1.86 bits per heavy atom. The Morgan fingerprint density at radius 3 is 2.49 bits per heavy atom. The van der Waals surface area contributed by atoms with Crippen LogP contribution >= 0.6 is 10.7 Å². The molecule has 1 aliphatic rings. The zero-order chi connectivity index (χ0) is 26.9. The molecular formula is C31H36N2O3S. The van der Waals surface area contributed by atoms with Crippen molar-refractivity contribution in [1.82, 2.24) is 4.98 Å². The van der Waals surface area contributed by atoms with Gasteiger partial charge in [-0.25, -0.2) is 0 Å². The summed E-state index contributed by atoms with van der Waals surface area (Å²) in [7, 11) is -0.183. The molecule has 0 saturated carbocycles. The number of nitrogens with zero attached hydrogens (tertiary/aromatic N) is 2. The lowest BCUT2D eigenvalue weighted by molar-refractivity contribution is -0.136. The first-order valence-electron chi connectivity index (χ1n) is 12.6. The lowest BCUT2D eigenvalue weighted by Crippen LogP contribution is -2.28. The van der Waals surface area contributed by atoms with Gasteiger partial charge in [0, 0.05) is 11.1 Å². The van der Waals surface area contributed by atoms with Crippen LogP contribution in [-0.2, 0) is 11.2 Å². The molecule has 0 saturated heterocycles. The van der Waals surface area contributed by atoms with Crippen molar-refractivity contribution < 1.29 is 14.6 Å². The van der Waals surface area contributed by atoms with Crippen LogP contribution in [-0.4, -0.2) is 34.3 Å². The number of hydrogen-bond acceptors (Lipinski definition) is 4. The zero-order valence-corrected chi connectivity index (χ0v) is 23.6. The standard InChI is InChI=1S/C31H36N2O3S/c1-8-37(7)33-22(6)26-15-24(36-14-13-19(2)3)18-32-30(26)28-16-27(23-11-9-20(4)10-12-23)25(17-29(34)35)21(5)31(28)33/h8-13,15-16,18,22H,14,17H2,1-7H3,(H,34,35)/t22-,37?/m1/s1. The molecule has 194 valence electrons. The van der Waals surface area contributed by atoms with Crippen LogP contribution in [0.15, 0.2) is 54.2 Å². The van der Waals surface area contributed by atoms with Gasteiger partial charge in [0.25, 0.3) is 0 Å². The van der Waals surface area contributed by atoms with Gasteiger partial charge in [0.05, 0.1) is 30.0 Å². The maximum Gasteiger partial charge on any atom is 0.307 e. The number of aliphatic carboxylic acids is 1. The lowest BCUT2D eigenvalue weighted by atomic mass is 9.85. The highest BCUT2D eigenvalue weighted by Crippen LogP contribution is 2.52. The zero-order valence-electron chi connectivity index (χ0n) is 22.8. The summed E-state index contributed by atoms with van der Waals surface area (Å²) >= 11 is 0. The Kier molecular flexibility index (Phi) is 7.88. The van der Waals surface area contributed by atoms with Crippen molar-refractivity contribution in [2.24, 2.45) is 0 Å². The first kappa shape index (κ1) is 26.7. The van der Waals surface area contributed by atoms with E-state index >= 15 is 0 Å². The fourth-order valence-corrected chi connectivity index (χ4v) is 6.26. The average Bonchev–Trinajstić information content (AvgIpc) is 2.86. The summed E-state index contributed by atoms with van der Waals surface area (Å²) in [6.07, 6.45) is 6.03. The number of carboxylic acids is 1. The van der Waals surface area contributed by atoms with Gasteiger partial charge in [-0.2, -0.15) is 0 Å². The second-order valence-corrected chi connectivity index (χ2v) is 11.7. The fraction of sp³-hybridized carbons (Fsp3) is 0.323. The number of benzene rings is 2. The quantitative estimate of drug-likeness (QED) is 0.260. The molecule has 0 fully saturated rings. The van der Waals surface area contributed by atoms with Gasteiger partial charge in [-0.15, -0.1) is 10.7 Å². The molecule has 2 atom stereocenters. The number of carbonyl (C=O) groups is 1. The Morgan fingerprint density at radius 1 is 1.16 bits per heavy atom. The smallest absolute Gasteiger partial charge is 0.307 e. The summed E-state index contributed by atoms with van der Waals surface area (Å²) in [6.45, 7) is 13.0. The first-order valence-corrected chi connectivity index (χ1v) is 14.2. The summed E-state index contributed by atoms with van der Waals surface area (Å²) in [6, 6.07) is 12.6. The van der Waals surface area contributed by atoms with Crippen LogP contribution in [0.5, 0.6) is 5.75 Å². The number of hydrogen-bond donors (Lipinski definition) is 1. The van der Waals surface area contributed by atoms with Crippen molar-refractivity contribution in [1.29, 1.82) is 0 Å². The molecule has 6 heteroatoms. The van der Waals surface area contributed by atoms with Crippen molar-refractivity contribution in [3.8, 4) is 28.1 Å².